The molecule has 0 N–H and O–H groups in total. The summed E-state index contributed by atoms with van der Waals surface area (Å²) >= 11 is 0. The average molecular weight is 221 g/mol. The molecule has 2 rings (SSSR count). The number of hydrogen-bond donors (Lipinski definition) is 0. The van der Waals surface area contributed by atoms with E-state index in [0.717, 1.165) is 31.6 Å². The lowest BCUT2D eigenvalue weighted by atomic mass is 10.1. The van der Waals surface area contributed by atoms with Crippen LogP contribution in [0.1, 0.15) is 35.7 Å². The molecule has 0 radical (unpaired) electrons. The molecule has 0 unspecified atom stereocenters. The monoisotopic (exact) mass is 221 g/mol. The van der Waals surface area contributed by atoms with Gasteiger partial charge in [0.2, 0.25) is 0 Å². The molecule has 1 aromatic carbocycles. The van der Waals surface area contributed by atoms with Gasteiger partial charge in [-0.3, -0.25) is 4.79 Å². The first kappa shape index (κ1) is 11.1. The number of ketones is 1. The normalized spacial score (nSPS) is 15.6. The summed E-state index contributed by atoms with van der Waals surface area (Å²) in [6.45, 7) is 5.15. The number of benzene rings is 1. The minimum atomic E-state index is -0.298. The summed E-state index contributed by atoms with van der Waals surface area (Å²) in [4.78, 5) is 13.7. The molecule has 1 saturated heterocycles. The lowest BCUT2D eigenvalue weighted by Crippen LogP contribution is -2.20. The van der Waals surface area contributed by atoms with Crippen LogP contribution in [0.3, 0.4) is 0 Å². The minimum absolute atomic E-state index is 0.0687. The van der Waals surface area contributed by atoms with E-state index in [1.165, 1.54) is 13.0 Å². The van der Waals surface area contributed by atoms with E-state index >= 15 is 0 Å². The first-order chi connectivity index (χ1) is 7.59. The van der Waals surface area contributed by atoms with E-state index < -0.39 is 0 Å². The number of nitrogens with zero attached hydrogens (tertiary/aromatic N) is 1. The van der Waals surface area contributed by atoms with Crippen molar-refractivity contribution in [3.63, 3.8) is 0 Å². The summed E-state index contributed by atoms with van der Waals surface area (Å²) in [6, 6.07) is 3.16. The van der Waals surface area contributed by atoms with Gasteiger partial charge in [-0.25, -0.2) is 4.39 Å². The molecule has 86 valence electrons. The summed E-state index contributed by atoms with van der Waals surface area (Å²) in [5.41, 5.74) is 2.00. The highest BCUT2D eigenvalue weighted by Gasteiger charge is 2.19. The van der Waals surface area contributed by atoms with Crippen molar-refractivity contribution in [1.29, 1.82) is 0 Å². The molecule has 1 aliphatic heterocycles. The molecule has 2 nitrogen and oxygen atoms in total. The van der Waals surface area contributed by atoms with Crippen LogP contribution in [0.15, 0.2) is 12.1 Å². The van der Waals surface area contributed by atoms with E-state index in [9.17, 15) is 9.18 Å². The van der Waals surface area contributed by atoms with Gasteiger partial charge >= 0.3 is 0 Å². The number of carbonyl (C=O) groups excluding carboxylic acids is 1. The van der Waals surface area contributed by atoms with Crippen molar-refractivity contribution >= 4 is 11.5 Å². The van der Waals surface area contributed by atoms with Gasteiger partial charge in [-0.2, -0.15) is 0 Å². The third-order valence-corrected chi connectivity index (χ3v) is 3.10. The van der Waals surface area contributed by atoms with Crippen molar-refractivity contribution in [2.75, 3.05) is 18.0 Å². The van der Waals surface area contributed by atoms with Crippen molar-refractivity contribution in [1.82, 2.24) is 0 Å². The molecule has 0 aliphatic carbocycles. The smallest absolute Gasteiger partial charge is 0.161 e. The van der Waals surface area contributed by atoms with Gasteiger partial charge < -0.3 is 4.90 Å². The van der Waals surface area contributed by atoms with Crippen LogP contribution in [0.25, 0.3) is 0 Å². The van der Waals surface area contributed by atoms with Gasteiger partial charge in [-0.15, -0.1) is 0 Å². The van der Waals surface area contributed by atoms with Gasteiger partial charge in [0.05, 0.1) is 0 Å². The van der Waals surface area contributed by atoms with Gasteiger partial charge in [-0.05, 0) is 44.4 Å². The number of hydrogen-bond acceptors (Lipinski definition) is 2. The Morgan fingerprint density at radius 2 is 1.94 bits per heavy atom. The Hall–Kier alpha value is -1.38. The first-order valence-corrected chi connectivity index (χ1v) is 5.65. The number of anilines is 1. The van der Waals surface area contributed by atoms with Gasteiger partial charge in [-0.1, -0.05) is 0 Å². The largest absolute Gasteiger partial charge is 0.371 e. The van der Waals surface area contributed by atoms with Crippen molar-refractivity contribution in [3.8, 4) is 0 Å². The fourth-order valence-electron chi connectivity index (χ4n) is 2.17. The van der Waals surface area contributed by atoms with Crippen molar-refractivity contribution in [2.45, 2.75) is 26.7 Å². The zero-order valence-electron chi connectivity index (χ0n) is 9.72. The molecular formula is C13H16FNO. The summed E-state index contributed by atoms with van der Waals surface area (Å²) in [5.74, 6) is -0.367. The molecule has 0 saturated carbocycles. The highest BCUT2D eigenvalue weighted by atomic mass is 19.1. The Morgan fingerprint density at radius 1 is 1.31 bits per heavy atom. The summed E-state index contributed by atoms with van der Waals surface area (Å²) in [5, 5.41) is 0. The number of halogens is 1. The SMILES string of the molecule is CC(=O)c1cc(F)c(C)cc1N1CCCC1. The maximum Gasteiger partial charge on any atom is 0.161 e. The molecule has 0 bridgehead atoms. The van der Waals surface area contributed by atoms with Crippen LogP contribution in [0.2, 0.25) is 0 Å². The van der Waals surface area contributed by atoms with Crippen molar-refractivity contribution in [3.05, 3.63) is 29.1 Å². The van der Waals surface area contributed by atoms with Crippen LogP contribution in [-0.4, -0.2) is 18.9 Å². The maximum absolute atomic E-state index is 13.4. The van der Waals surface area contributed by atoms with Gasteiger partial charge in [0.1, 0.15) is 5.82 Å². The minimum Gasteiger partial charge on any atom is -0.371 e. The molecule has 0 spiro atoms. The second kappa shape index (κ2) is 4.24. The maximum atomic E-state index is 13.4. The van der Waals surface area contributed by atoms with Crippen LogP contribution >= 0.6 is 0 Å². The second-order valence-electron chi connectivity index (χ2n) is 4.37. The number of Topliss-reactive ketones (excluding diaryl/α,β-unsaturated/α-hetero) is 1. The molecule has 0 amide bonds. The van der Waals surface area contributed by atoms with E-state index in [2.05, 4.69) is 4.90 Å². The van der Waals surface area contributed by atoms with Gasteiger partial charge in [0.25, 0.3) is 0 Å². The van der Waals surface area contributed by atoms with Crippen LogP contribution < -0.4 is 4.90 Å². The topological polar surface area (TPSA) is 20.3 Å². The van der Waals surface area contributed by atoms with Crippen LogP contribution in [-0.2, 0) is 0 Å². The van der Waals surface area contributed by atoms with Crippen LogP contribution in [0, 0.1) is 12.7 Å². The zero-order valence-corrected chi connectivity index (χ0v) is 9.72. The fraction of sp³-hybridized carbons (Fsp3) is 0.462. The highest BCUT2D eigenvalue weighted by molar-refractivity contribution is 6.00. The number of aryl methyl sites for hydroxylation is 1. The van der Waals surface area contributed by atoms with Crippen molar-refractivity contribution in [2.24, 2.45) is 0 Å². The van der Waals surface area contributed by atoms with E-state index in [0.29, 0.717) is 11.1 Å². The molecule has 1 heterocycles. The Balaban J connectivity index is 2.48. The van der Waals surface area contributed by atoms with E-state index in [1.54, 1.807) is 13.0 Å². The van der Waals surface area contributed by atoms with E-state index in [4.69, 9.17) is 0 Å². The van der Waals surface area contributed by atoms with E-state index in [-0.39, 0.29) is 11.6 Å². The third-order valence-electron chi connectivity index (χ3n) is 3.10. The second-order valence-corrected chi connectivity index (χ2v) is 4.37. The Bertz CT molecular complexity index is 422. The molecular weight excluding hydrogens is 205 g/mol. The Labute approximate surface area is 95.1 Å². The van der Waals surface area contributed by atoms with Gasteiger partial charge in [0.15, 0.2) is 5.78 Å². The lowest BCUT2D eigenvalue weighted by Gasteiger charge is -2.21. The summed E-state index contributed by atoms with van der Waals surface area (Å²) in [7, 11) is 0. The molecule has 1 aliphatic rings. The van der Waals surface area contributed by atoms with Crippen molar-refractivity contribution < 1.29 is 9.18 Å². The Kier molecular flexibility index (Phi) is 2.95. The van der Waals surface area contributed by atoms with Gasteiger partial charge in [0, 0.05) is 24.3 Å². The average Bonchev–Trinajstić information content (AvgIpc) is 2.74. The predicted octanol–water partition coefficient (Wildman–Crippen LogP) is 2.94. The zero-order chi connectivity index (χ0) is 11.7. The van der Waals surface area contributed by atoms with Crippen LogP contribution in [0.5, 0.6) is 0 Å². The lowest BCUT2D eigenvalue weighted by molar-refractivity contribution is 0.101. The molecule has 1 fully saturated rings. The quantitative estimate of drug-likeness (QED) is 0.716. The number of rotatable bonds is 2. The molecule has 1 aromatic rings. The molecule has 3 heteroatoms. The third kappa shape index (κ3) is 1.94. The standard InChI is InChI=1S/C13H16FNO/c1-9-7-13(15-5-3-4-6-15)11(10(2)16)8-12(9)14/h7-8H,3-6H2,1-2H3. The summed E-state index contributed by atoms with van der Waals surface area (Å²) < 4.78 is 13.4. The molecule has 16 heavy (non-hydrogen) atoms. The highest BCUT2D eigenvalue weighted by Crippen LogP contribution is 2.27. The van der Waals surface area contributed by atoms with E-state index in [1.807, 2.05) is 0 Å². The predicted molar refractivity (Wildman–Crippen MR) is 62.6 cm³/mol. The first-order valence-electron chi connectivity index (χ1n) is 5.65. The molecule has 0 aromatic heterocycles. The Morgan fingerprint density at radius 3 is 2.50 bits per heavy atom. The summed E-state index contributed by atoms with van der Waals surface area (Å²) in [6.07, 6.45) is 2.29. The molecule has 0 atom stereocenters. The number of carbonyl (C=O) groups is 1. The van der Waals surface area contributed by atoms with Crippen LogP contribution in [0.4, 0.5) is 10.1 Å². The fourth-order valence-corrected chi connectivity index (χ4v) is 2.17.